The molecule has 37 heavy (non-hydrogen) atoms. The molecule has 0 saturated heterocycles. The van der Waals surface area contributed by atoms with Crippen molar-refractivity contribution in [2.45, 2.75) is 39.4 Å². The zero-order valence-electron chi connectivity index (χ0n) is 20.3. The second-order valence-corrected chi connectivity index (χ2v) is 8.68. The average molecular weight is 504 g/mol. The Bertz CT molecular complexity index is 1620. The largest absolute Gasteiger partial charge is 0.433 e. The maximum Gasteiger partial charge on any atom is 0.433 e. The topological polar surface area (TPSA) is 65.1 Å². The predicted octanol–water partition coefficient (Wildman–Crippen LogP) is 5.81. The highest BCUT2D eigenvalue weighted by atomic mass is 19.4. The third-order valence-corrected chi connectivity index (χ3v) is 6.41. The zero-order valence-corrected chi connectivity index (χ0v) is 20.3. The molecule has 5 rings (SSSR count). The Labute approximate surface area is 211 Å². The van der Waals surface area contributed by atoms with Crippen LogP contribution in [0.4, 0.5) is 13.2 Å². The van der Waals surface area contributed by atoms with Gasteiger partial charge in [-0.25, -0.2) is 18.9 Å². The molecule has 0 atom stereocenters. The summed E-state index contributed by atoms with van der Waals surface area (Å²) in [5.41, 5.74) is 4.63. The van der Waals surface area contributed by atoms with Gasteiger partial charge in [0, 0.05) is 29.8 Å². The third kappa shape index (κ3) is 4.64. The monoisotopic (exact) mass is 503 g/mol. The van der Waals surface area contributed by atoms with Crippen molar-refractivity contribution in [3.63, 3.8) is 0 Å². The minimum atomic E-state index is -4.53. The van der Waals surface area contributed by atoms with Crippen LogP contribution in [0.5, 0.6) is 0 Å². The van der Waals surface area contributed by atoms with Crippen LogP contribution in [0.15, 0.2) is 78.0 Å². The van der Waals surface area contributed by atoms with E-state index < -0.39 is 11.9 Å². The van der Waals surface area contributed by atoms with Gasteiger partial charge in [-0.05, 0) is 64.9 Å². The van der Waals surface area contributed by atoms with Gasteiger partial charge in [0.05, 0.1) is 6.54 Å². The van der Waals surface area contributed by atoms with E-state index in [1.807, 2.05) is 30.3 Å². The lowest BCUT2D eigenvalue weighted by atomic mass is 9.95. The number of rotatable bonds is 6. The maximum absolute atomic E-state index is 13.3. The Balaban J connectivity index is 1.66. The lowest BCUT2D eigenvalue weighted by molar-refractivity contribution is -0.141. The summed E-state index contributed by atoms with van der Waals surface area (Å²) < 4.78 is 42.2. The van der Waals surface area contributed by atoms with Crippen molar-refractivity contribution in [3.05, 3.63) is 106 Å². The van der Waals surface area contributed by atoms with Gasteiger partial charge >= 0.3 is 11.9 Å². The first-order valence-corrected chi connectivity index (χ1v) is 12.0. The minimum absolute atomic E-state index is 0.00510. The van der Waals surface area contributed by atoms with Crippen LogP contribution < -0.4 is 5.69 Å². The first-order valence-electron chi connectivity index (χ1n) is 12.0. The van der Waals surface area contributed by atoms with E-state index in [0.717, 1.165) is 34.7 Å². The van der Waals surface area contributed by atoms with Crippen molar-refractivity contribution < 1.29 is 13.2 Å². The van der Waals surface area contributed by atoms with Gasteiger partial charge < -0.3 is 0 Å². The maximum atomic E-state index is 13.3. The first-order chi connectivity index (χ1) is 17.8. The summed E-state index contributed by atoms with van der Waals surface area (Å²) in [6.45, 7) is 3.83. The van der Waals surface area contributed by atoms with Crippen LogP contribution in [0, 0.1) is 0 Å². The van der Waals surface area contributed by atoms with Gasteiger partial charge in [-0.3, -0.25) is 4.98 Å². The fourth-order valence-electron chi connectivity index (χ4n) is 4.44. The number of fused-ring (bicyclic) bond motifs is 1. The molecule has 0 fully saturated rings. The number of aromatic nitrogens is 5. The summed E-state index contributed by atoms with van der Waals surface area (Å²) in [7, 11) is 0. The van der Waals surface area contributed by atoms with E-state index in [1.54, 1.807) is 25.5 Å². The van der Waals surface area contributed by atoms with Crippen LogP contribution in [0.1, 0.15) is 36.4 Å². The van der Waals surface area contributed by atoms with Crippen molar-refractivity contribution in [2.24, 2.45) is 0 Å². The van der Waals surface area contributed by atoms with Gasteiger partial charge in [-0.1, -0.05) is 44.2 Å². The van der Waals surface area contributed by atoms with E-state index in [0.29, 0.717) is 17.6 Å². The number of aryl methyl sites for hydroxylation is 2. The number of pyridine rings is 3. The van der Waals surface area contributed by atoms with Crippen molar-refractivity contribution in [3.8, 4) is 22.3 Å². The number of alkyl halides is 3. The molecule has 0 unspecified atom stereocenters. The fraction of sp³-hybridized carbons (Fsp3) is 0.214. The van der Waals surface area contributed by atoms with E-state index in [-0.39, 0.29) is 17.9 Å². The Kier molecular flexibility index (Phi) is 6.37. The van der Waals surface area contributed by atoms with Crippen LogP contribution in [-0.2, 0) is 25.6 Å². The van der Waals surface area contributed by atoms with Crippen LogP contribution in [-0.4, -0.2) is 24.1 Å². The van der Waals surface area contributed by atoms with Crippen molar-refractivity contribution in [1.29, 1.82) is 0 Å². The summed E-state index contributed by atoms with van der Waals surface area (Å²) >= 11 is 0. The third-order valence-electron chi connectivity index (χ3n) is 6.41. The van der Waals surface area contributed by atoms with Gasteiger partial charge in [0.2, 0.25) is 0 Å². The summed E-state index contributed by atoms with van der Waals surface area (Å²) in [5, 5.41) is 4.65. The van der Waals surface area contributed by atoms with Crippen LogP contribution in [0.25, 0.3) is 27.9 Å². The molecule has 0 bridgehead atoms. The van der Waals surface area contributed by atoms with Crippen LogP contribution >= 0.6 is 0 Å². The second kappa shape index (κ2) is 9.65. The Morgan fingerprint density at radius 3 is 2.24 bits per heavy atom. The molecule has 1 aromatic carbocycles. The molecule has 0 N–H and O–H groups in total. The molecule has 0 amide bonds. The Hall–Kier alpha value is -4.27. The summed E-state index contributed by atoms with van der Waals surface area (Å²) in [5.74, 6) is 0. The van der Waals surface area contributed by atoms with Crippen LogP contribution in [0.2, 0.25) is 0 Å². The average Bonchev–Trinajstić information content (AvgIpc) is 3.23. The molecule has 0 radical (unpaired) electrons. The van der Waals surface area contributed by atoms with E-state index in [9.17, 15) is 18.0 Å². The summed E-state index contributed by atoms with van der Waals surface area (Å²) in [6, 6.07) is 16.2. The second-order valence-electron chi connectivity index (χ2n) is 8.68. The highest BCUT2D eigenvalue weighted by Gasteiger charge is 2.33. The number of hydrogen-bond acceptors (Lipinski definition) is 4. The molecule has 6 nitrogen and oxygen atoms in total. The Morgan fingerprint density at radius 2 is 1.59 bits per heavy atom. The molecular weight excluding hydrogens is 479 g/mol. The summed E-state index contributed by atoms with van der Waals surface area (Å²) in [4.78, 5) is 21.2. The van der Waals surface area contributed by atoms with Gasteiger partial charge in [-0.2, -0.15) is 13.2 Å². The SMILES string of the molecule is CCc1ccc(-c2ccn3c(=O)n(Cc4ccc(C(F)(F)F)nc4CC)nc3c2-c2ccncc2)cc1. The molecule has 0 aliphatic rings. The molecule has 0 aliphatic heterocycles. The lowest BCUT2D eigenvalue weighted by Crippen LogP contribution is -2.22. The van der Waals surface area contributed by atoms with Crippen LogP contribution in [0.3, 0.4) is 0 Å². The number of nitrogens with zero attached hydrogens (tertiary/aromatic N) is 5. The standard InChI is InChI=1S/C28H24F3N5O/c1-3-18-5-7-19(8-6-18)22-13-16-35-26(25(22)20-11-14-32-15-12-20)34-36(27(35)37)17-21-9-10-24(28(29,30)31)33-23(21)4-2/h5-16H,3-4,17H2,1-2H3. The first kappa shape index (κ1) is 24.4. The Morgan fingerprint density at radius 1 is 0.865 bits per heavy atom. The molecule has 0 saturated carbocycles. The fourth-order valence-corrected chi connectivity index (χ4v) is 4.44. The van der Waals surface area contributed by atoms with E-state index in [2.05, 4.69) is 34.1 Å². The molecule has 4 aromatic heterocycles. The highest BCUT2D eigenvalue weighted by molar-refractivity contribution is 5.91. The van der Waals surface area contributed by atoms with Crippen molar-refractivity contribution in [2.75, 3.05) is 0 Å². The molecule has 4 heterocycles. The van der Waals surface area contributed by atoms with Gasteiger partial charge in [-0.15, -0.1) is 5.10 Å². The molecule has 188 valence electrons. The highest BCUT2D eigenvalue weighted by Crippen LogP contribution is 2.34. The molecule has 9 heteroatoms. The molecule has 0 aliphatic carbocycles. The predicted molar refractivity (Wildman–Crippen MR) is 135 cm³/mol. The van der Waals surface area contributed by atoms with E-state index >= 15 is 0 Å². The van der Waals surface area contributed by atoms with Gasteiger partial charge in [0.15, 0.2) is 5.65 Å². The number of hydrogen-bond donors (Lipinski definition) is 0. The number of halogens is 3. The lowest BCUT2D eigenvalue weighted by Gasteiger charge is -2.12. The van der Waals surface area contributed by atoms with E-state index in [4.69, 9.17) is 0 Å². The summed E-state index contributed by atoms with van der Waals surface area (Å²) in [6.07, 6.45) is 1.73. The van der Waals surface area contributed by atoms with Crippen molar-refractivity contribution >= 4 is 5.65 Å². The van der Waals surface area contributed by atoms with Gasteiger partial charge in [0.1, 0.15) is 5.69 Å². The number of benzene rings is 1. The molecule has 5 aromatic rings. The van der Waals surface area contributed by atoms with Gasteiger partial charge in [0.25, 0.3) is 0 Å². The quantitative estimate of drug-likeness (QED) is 0.293. The van der Waals surface area contributed by atoms with E-state index in [1.165, 1.54) is 20.7 Å². The molecule has 0 spiro atoms. The van der Waals surface area contributed by atoms with Crippen molar-refractivity contribution in [1.82, 2.24) is 24.1 Å². The normalized spacial score (nSPS) is 11.8. The zero-order chi connectivity index (χ0) is 26.2. The molecular formula is C28H24F3N5O. The minimum Gasteiger partial charge on any atom is -0.265 e. The smallest absolute Gasteiger partial charge is 0.265 e.